The summed E-state index contributed by atoms with van der Waals surface area (Å²) < 4.78 is 19.8. The van der Waals surface area contributed by atoms with E-state index in [4.69, 9.17) is 4.74 Å². The van der Waals surface area contributed by atoms with Gasteiger partial charge in [0.05, 0.1) is 5.56 Å². The molecule has 0 saturated heterocycles. The molecular formula is C22H21BrFN3O2. The molecule has 3 aromatic rings. The molecule has 1 aliphatic rings. The SMILES string of the molecule is CCN(CCc1ccc(F)cc1)C(=O)Oc1n[nH]c2c1-c1ccc(Br)cc1CC2. The predicted octanol–water partition coefficient (Wildman–Crippen LogP) is 5.14. The number of nitrogens with one attached hydrogen (secondary N) is 1. The molecule has 29 heavy (non-hydrogen) atoms. The number of hydrogen-bond acceptors (Lipinski definition) is 3. The topological polar surface area (TPSA) is 58.2 Å². The van der Waals surface area contributed by atoms with Crippen LogP contribution in [0.2, 0.25) is 0 Å². The average Bonchev–Trinajstić information content (AvgIpc) is 3.12. The van der Waals surface area contributed by atoms with Crippen LogP contribution in [0.15, 0.2) is 46.9 Å². The van der Waals surface area contributed by atoms with Crippen molar-refractivity contribution >= 4 is 22.0 Å². The van der Waals surface area contributed by atoms with Crippen molar-refractivity contribution in [2.24, 2.45) is 0 Å². The highest BCUT2D eigenvalue weighted by atomic mass is 79.9. The van der Waals surface area contributed by atoms with Gasteiger partial charge >= 0.3 is 6.09 Å². The second-order valence-corrected chi connectivity index (χ2v) is 7.92. The van der Waals surface area contributed by atoms with Gasteiger partial charge in [0.1, 0.15) is 5.82 Å². The van der Waals surface area contributed by atoms with Crippen LogP contribution < -0.4 is 4.74 Å². The summed E-state index contributed by atoms with van der Waals surface area (Å²) in [7, 11) is 0. The number of carbonyl (C=O) groups is 1. The number of rotatable bonds is 5. The largest absolute Gasteiger partial charge is 0.416 e. The van der Waals surface area contributed by atoms with Crippen molar-refractivity contribution in [2.75, 3.05) is 13.1 Å². The Morgan fingerprint density at radius 2 is 2.03 bits per heavy atom. The predicted molar refractivity (Wildman–Crippen MR) is 113 cm³/mol. The van der Waals surface area contributed by atoms with Crippen molar-refractivity contribution in [1.29, 1.82) is 0 Å². The van der Waals surface area contributed by atoms with Crippen molar-refractivity contribution in [2.45, 2.75) is 26.2 Å². The van der Waals surface area contributed by atoms with Crippen LogP contribution in [0.5, 0.6) is 5.88 Å². The fourth-order valence-corrected chi connectivity index (χ4v) is 4.01. The standard InChI is InChI=1S/C22H21BrFN3O2/c1-2-27(12-11-14-3-7-17(24)8-4-14)22(28)29-21-20-18-9-6-16(23)13-15(18)5-10-19(20)25-26-21/h3-4,6-9,13H,2,5,10-12H2,1H3,(H,25,26). The number of aromatic amines is 1. The van der Waals surface area contributed by atoms with E-state index in [9.17, 15) is 9.18 Å². The van der Waals surface area contributed by atoms with Gasteiger partial charge in [0.2, 0.25) is 0 Å². The highest BCUT2D eigenvalue weighted by Gasteiger charge is 2.26. The molecule has 4 rings (SSSR count). The van der Waals surface area contributed by atoms with Gasteiger partial charge in [-0.1, -0.05) is 34.1 Å². The smallest absolute Gasteiger partial charge is 0.389 e. The number of ether oxygens (including phenoxy) is 1. The molecule has 0 fully saturated rings. The van der Waals surface area contributed by atoms with E-state index >= 15 is 0 Å². The third-order valence-corrected chi connectivity index (χ3v) is 5.69. The molecule has 150 valence electrons. The van der Waals surface area contributed by atoms with Crippen molar-refractivity contribution in [3.63, 3.8) is 0 Å². The molecule has 5 nitrogen and oxygen atoms in total. The van der Waals surface area contributed by atoms with Crippen LogP contribution in [-0.4, -0.2) is 34.3 Å². The minimum Gasteiger partial charge on any atom is -0.389 e. The minimum atomic E-state index is -0.437. The summed E-state index contributed by atoms with van der Waals surface area (Å²) in [6.07, 6.45) is 1.92. The molecule has 0 unspecified atom stereocenters. The van der Waals surface area contributed by atoms with E-state index in [1.165, 1.54) is 17.7 Å². The van der Waals surface area contributed by atoms with Gasteiger partial charge in [0.25, 0.3) is 5.88 Å². The van der Waals surface area contributed by atoms with Crippen LogP contribution in [0.25, 0.3) is 11.1 Å². The summed E-state index contributed by atoms with van der Waals surface area (Å²) in [5.74, 6) is 0.0460. The summed E-state index contributed by atoms with van der Waals surface area (Å²) in [6.45, 7) is 2.89. The van der Waals surface area contributed by atoms with Crippen LogP contribution in [-0.2, 0) is 19.3 Å². The van der Waals surface area contributed by atoms with E-state index in [1.807, 2.05) is 19.1 Å². The first kappa shape index (κ1) is 19.6. The maximum atomic E-state index is 13.1. The van der Waals surface area contributed by atoms with Gasteiger partial charge in [-0.05, 0) is 67.1 Å². The lowest BCUT2D eigenvalue weighted by Crippen LogP contribution is -2.35. The Kier molecular flexibility index (Phi) is 5.67. The Balaban J connectivity index is 1.49. The molecule has 1 aliphatic carbocycles. The minimum absolute atomic E-state index is 0.267. The van der Waals surface area contributed by atoms with E-state index in [0.29, 0.717) is 25.4 Å². The molecule has 1 N–H and O–H groups in total. The number of nitrogens with zero attached hydrogens (tertiary/aromatic N) is 2. The van der Waals surface area contributed by atoms with Crippen molar-refractivity contribution in [3.8, 4) is 17.0 Å². The number of fused-ring (bicyclic) bond motifs is 3. The van der Waals surface area contributed by atoms with E-state index in [0.717, 1.165) is 39.7 Å². The van der Waals surface area contributed by atoms with Gasteiger partial charge < -0.3 is 9.64 Å². The van der Waals surface area contributed by atoms with Crippen LogP contribution in [0.4, 0.5) is 9.18 Å². The van der Waals surface area contributed by atoms with Gasteiger partial charge in [-0.2, -0.15) is 0 Å². The summed E-state index contributed by atoms with van der Waals surface area (Å²) >= 11 is 3.51. The normalized spacial score (nSPS) is 12.2. The highest BCUT2D eigenvalue weighted by molar-refractivity contribution is 9.10. The molecule has 0 aliphatic heterocycles. The van der Waals surface area contributed by atoms with Crippen molar-refractivity contribution in [1.82, 2.24) is 15.1 Å². The summed E-state index contributed by atoms with van der Waals surface area (Å²) in [5, 5.41) is 7.27. The Morgan fingerprint density at radius 1 is 1.24 bits per heavy atom. The Morgan fingerprint density at radius 3 is 2.79 bits per heavy atom. The zero-order chi connectivity index (χ0) is 20.4. The van der Waals surface area contributed by atoms with Crippen LogP contribution in [0, 0.1) is 5.82 Å². The lowest BCUT2D eigenvalue weighted by atomic mass is 9.90. The zero-order valence-corrected chi connectivity index (χ0v) is 17.6. The van der Waals surface area contributed by atoms with E-state index < -0.39 is 6.09 Å². The van der Waals surface area contributed by atoms with Crippen LogP contribution >= 0.6 is 15.9 Å². The summed E-state index contributed by atoms with van der Waals surface area (Å²) in [4.78, 5) is 14.4. The van der Waals surface area contributed by atoms with Gasteiger partial charge in [0, 0.05) is 23.3 Å². The maximum absolute atomic E-state index is 13.1. The molecule has 1 amide bonds. The number of hydrogen-bond donors (Lipinski definition) is 1. The highest BCUT2D eigenvalue weighted by Crippen LogP contribution is 2.39. The third kappa shape index (κ3) is 4.19. The molecule has 0 saturated carbocycles. The Hall–Kier alpha value is -2.67. The number of aromatic nitrogens is 2. The third-order valence-electron chi connectivity index (χ3n) is 5.20. The first-order valence-corrected chi connectivity index (χ1v) is 10.4. The molecule has 0 bridgehead atoms. The number of halogens is 2. The molecule has 0 atom stereocenters. The van der Waals surface area contributed by atoms with Crippen LogP contribution in [0.1, 0.15) is 23.7 Å². The quantitative estimate of drug-likeness (QED) is 0.576. The molecule has 2 aromatic carbocycles. The summed E-state index contributed by atoms with van der Waals surface area (Å²) in [5.41, 5.74) is 5.06. The first-order chi connectivity index (χ1) is 14.0. The summed E-state index contributed by atoms with van der Waals surface area (Å²) in [6, 6.07) is 12.4. The van der Waals surface area contributed by atoms with E-state index in [1.54, 1.807) is 17.0 Å². The number of carbonyl (C=O) groups excluding carboxylic acids is 1. The van der Waals surface area contributed by atoms with Crippen molar-refractivity contribution in [3.05, 3.63) is 69.6 Å². The number of aryl methyl sites for hydroxylation is 2. The molecule has 1 aromatic heterocycles. The fraction of sp³-hybridized carbons (Fsp3) is 0.273. The van der Waals surface area contributed by atoms with E-state index in [-0.39, 0.29) is 5.82 Å². The average molecular weight is 458 g/mol. The van der Waals surface area contributed by atoms with Crippen LogP contribution in [0.3, 0.4) is 0 Å². The lowest BCUT2D eigenvalue weighted by Gasteiger charge is -2.21. The number of H-pyrrole nitrogens is 1. The van der Waals surface area contributed by atoms with Gasteiger partial charge in [-0.3, -0.25) is 5.10 Å². The maximum Gasteiger partial charge on any atom is 0.416 e. The molecule has 1 heterocycles. The van der Waals surface area contributed by atoms with Crippen molar-refractivity contribution < 1.29 is 13.9 Å². The second-order valence-electron chi connectivity index (χ2n) is 7.01. The van der Waals surface area contributed by atoms with Gasteiger partial charge in [0.15, 0.2) is 0 Å². The van der Waals surface area contributed by atoms with E-state index in [2.05, 4.69) is 32.2 Å². The Bertz CT molecular complexity index is 1030. The molecule has 0 radical (unpaired) electrons. The Labute approximate surface area is 177 Å². The van der Waals surface area contributed by atoms with Gasteiger partial charge in [-0.15, -0.1) is 5.10 Å². The zero-order valence-electron chi connectivity index (χ0n) is 16.0. The molecule has 7 heteroatoms. The number of benzene rings is 2. The monoisotopic (exact) mass is 457 g/mol. The number of amides is 1. The first-order valence-electron chi connectivity index (χ1n) is 9.62. The number of likely N-dealkylation sites (N-methyl/N-ethyl adjacent to an activating group) is 1. The lowest BCUT2D eigenvalue weighted by molar-refractivity contribution is 0.153. The molecular weight excluding hydrogens is 437 g/mol. The fourth-order valence-electron chi connectivity index (χ4n) is 3.61. The van der Waals surface area contributed by atoms with Gasteiger partial charge in [-0.25, -0.2) is 9.18 Å². The molecule has 0 spiro atoms. The second kappa shape index (κ2) is 8.37.